The highest BCUT2D eigenvalue weighted by atomic mass is 31.2. The van der Waals surface area contributed by atoms with Gasteiger partial charge in [-0.3, -0.25) is 13.8 Å². The van der Waals surface area contributed by atoms with Crippen LogP contribution in [0, 0.1) is 0 Å². The highest BCUT2D eigenvalue weighted by Gasteiger charge is 2.26. The Bertz CT molecular complexity index is 987. The van der Waals surface area contributed by atoms with E-state index in [0.29, 0.717) is 24.1 Å². The van der Waals surface area contributed by atoms with E-state index in [0.717, 1.165) is 38.5 Å². The number of esters is 1. The third-order valence-electron chi connectivity index (χ3n) is 11.8. The molecule has 2 unspecified atom stereocenters. The summed E-state index contributed by atoms with van der Waals surface area (Å²) in [6, 6.07) is 0. The lowest BCUT2D eigenvalue weighted by Crippen LogP contribution is -2.37. The maximum absolute atomic E-state index is 12.7. The molecule has 0 aliphatic rings. The number of carbonyl (C=O) groups is 1. The van der Waals surface area contributed by atoms with Crippen LogP contribution in [0.25, 0.3) is 0 Å². The molecule has 0 rings (SSSR count). The van der Waals surface area contributed by atoms with Gasteiger partial charge in [0.05, 0.1) is 34.4 Å². The Balaban J connectivity index is 3.98. The number of likely N-dealkylation sites (N-methyl/N-ethyl adjacent to an activating group) is 1. The fraction of sp³-hybridized carbons (Fsp3) is 0.942. The van der Waals surface area contributed by atoms with Gasteiger partial charge in [-0.15, -0.1) is 0 Å². The molecule has 0 aromatic carbocycles. The van der Waals surface area contributed by atoms with Crippen LogP contribution >= 0.6 is 7.82 Å². The predicted molar refractivity (Wildman–Crippen MR) is 261 cm³/mol. The minimum atomic E-state index is -4.27. The van der Waals surface area contributed by atoms with Crippen molar-refractivity contribution in [2.75, 3.05) is 54.1 Å². The van der Waals surface area contributed by atoms with Crippen molar-refractivity contribution in [1.29, 1.82) is 0 Å². The Labute approximate surface area is 380 Å². The van der Waals surface area contributed by atoms with Crippen LogP contribution in [0.5, 0.6) is 0 Å². The van der Waals surface area contributed by atoms with Crippen molar-refractivity contribution in [1.82, 2.24) is 0 Å². The third-order valence-corrected chi connectivity index (χ3v) is 12.8. The lowest BCUT2D eigenvalue weighted by molar-refractivity contribution is -0.870. The molecule has 0 heterocycles. The maximum atomic E-state index is 12.7. The van der Waals surface area contributed by atoms with Gasteiger partial charge in [-0.2, -0.15) is 0 Å². The average Bonchev–Trinajstić information content (AvgIpc) is 3.22. The molecule has 8 nitrogen and oxygen atoms in total. The van der Waals surface area contributed by atoms with Crippen molar-refractivity contribution >= 4 is 13.8 Å². The minimum Gasteiger partial charge on any atom is -0.457 e. The monoisotopic (exact) mass is 887 g/mol. The van der Waals surface area contributed by atoms with Crippen LogP contribution in [0.4, 0.5) is 0 Å². The first-order valence-corrected chi connectivity index (χ1v) is 27.9. The van der Waals surface area contributed by atoms with E-state index in [4.69, 9.17) is 18.5 Å². The molecule has 0 bridgehead atoms. The molecule has 9 heteroatoms. The molecule has 0 aromatic rings. The van der Waals surface area contributed by atoms with Gasteiger partial charge in [0, 0.05) is 13.0 Å². The Hall–Kier alpha value is -0.760. The first-order valence-electron chi connectivity index (χ1n) is 26.4. The number of rotatable bonds is 50. The van der Waals surface area contributed by atoms with E-state index < -0.39 is 13.9 Å². The first kappa shape index (κ1) is 60.2. The first-order chi connectivity index (χ1) is 29.6. The van der Waals surface area contributed by atoms with Crippen LogP contribution in [0.3, 0.4) is 0 Å². The molecule has 364 valence electrons. The summed E-state index contributed by atoms with van der Waals surface area (Å²) in [6.45, 7) is 5.65. The van der Waals surface area contributed by atoms with Gasteiger partial charge in [0.1, 0.15) is 19.3 Å². The predicted octanol–water partition coefficient (Wildman–Crippen LogP) is 16.2. The van der Waals surface area contributed by atoms with Crippen LogP contribution in [-0.2, 0) is 27.9 Å². The Morgan fingerprint density at radius 2 is 0.852 bits per heavy atom. The van der Waals surface area contributed by atoms with Crippen molar-refractivity contribution in [2.24, 2.45) is 0 Å². The van der Waals surface area contributed by atoms with Gasteiger partial charge in [0.25, 0.3) is 0 Å². The van der Waals surface area contributed by atoms with Crippen LogP contribution in [0.15, 0.2) is 12.2 Å². The third kappa shape index (κ3) is 50.1. The summed E-state index contributed by atoms with van der Waals surface area (Å²) in [6.07, 6.45) is 52.7. The molecule has 0 saturated carbocycles. The summed E-state index contributed by atoms with van der Waals surface area (Å²) in [5.74, 6) is -0.317. The molecule has 1 N–H and O–H groups in total. The summed E-state index contributed by atoms with van der Waals surface area (Å²) < 4.78 is 35.1. The number of carbonyl (C=O) groups excluding carboxylic acids is 1. The minimum absolute atomic E-state index is 0.0905. The number of ether oxygens (including phenoxy) is 2. The van der Waals surface area contributed by atoms with Crippen molar-refractivity contribution < 1.29 is 37.3 Å². The standard InChI is InChI=1S/C52H104NO7P/c1-6-8-10-12-14-16-18-20-21-22-23-24-25-26-27-28-29-30-31-32-34-36-38-40-42-44-47-57-49-51(50-59-61(55,56)58-48-46-53(3,4)5)60-52(54)45-43-41-39-37-35-33-19-17-15-13-11-9-7-2/h17,19,51H,6-16,18,20-50H2,1-5H3/p+1/b19-17-. The molecular weight excluding hydrogens is 782 g/mol. The molecule has 0 spiro atoms. The van der Waals surface area contributed by atoms with E-state index in [1.807, 2.05) is 21.1 Å². The molecule has 0 radical (unpaired) electrons. The second kappa shape index (κ2) is 45.8. The molecule has 0 fully saturated rings. The number of hydrogen-bond donors (Lipinski definition) is 1. The van der Waals surface area contributed by atoms with E-state index >= 15 is 0 Å². The molecule has 61 heavy (non-hydrogen) atoms. The summed E-state index contributed by atoms with van der Waals surface area (Å²) in [7, 11) is 1.68. The van der Waals surface area contributed by atoms with Crippen molar-refractivity contribution in [3.63, 3.8) is 0 Å². The lowest BCUT2D eigenvalue weighted by atomic mass is 10.0. The number of allylic oxidation sites excluding steroid dienone is 2. The highest BCUT2D eigenvalue weighted by Crippen LogP contribution is 2.43. The fourth-order valence-electron chi connectivity index (χ4n) is 7.73. The van der Waals surface area contributed by atoms with Gasteiger partial charge >= 0.3 is 13.8 Å². The van der Waals surface area contributed by atoms with E-state index in [2.05, 4.69) is 26.0 Å². The van der Waals surface area contributed by atoms with Crippen LogP contribution < -0.4 is 0 Å². The van der Waals surface area contributed by atoms with Crippen LogP contribution in [-0.4, -0.2) is 75.6 Å². The number of phosphoric acid groups is 1. The maximum Gasteiger partial charge on any atom is 0.472 e. The molecule has 0 saturated heterocycles. The van der Waals surface area contributed by atoms with E-state index in [9.17, 15) is 14.3 Å². The highest BCUT2D eigenvalue weighted by molar-refractivity contribution is 7.47. The number of quaternary nitrogens is 1. The number of hydrogen-bond acceptors (Lipinski definition) is 6. The SMILES string of the molecule is CCCCCC/C=C\CCCCCCCC(=O)OC(COCCCCCCCCCCCCCCCCCCCCCCCCCCCC)COP(=O)(O)OCC[N+](C)(C)C. The Morgan fingerprint density at radius 3 is 1.26 bits per heavy atom. The van der Waals surface area contributed by atoms with E-state index in [1.165, 1.54) is 199 Å². The number of nitrogens with zero attached hydrogens (tertiary/aromatic N) is 1. The van der Waals surface area contributed by atoms with Crippen LogP contribution in [0.1, 0.15) is 258 Å². The van der Waals surface area contributed by atoms with Gasteiger partial charge in [-0.05, 0) is 38.5 Å². The van der Waals surface area contributed by atoms with Gasteiger partial charge in [0.15, 0.2) is 0 Å². The number of phosphoric ester groups is 1. The quantitative estimate of drug-likeness (QED) is 0.0214. The van der Waals surface area contributed by atoms with Crippen molar-refractivity contribution in [3.8, 4) is 0 Å². The lowest BCUT2D eigenvalue weighted by Gasteiger charge is -2.24. The largest absolute Gasteiger partial charge is 0.472 e. The fourth-order valence-corrected chi connectivity index (χ4v) is 8.47. The zero-order valence-electron chi connectivity index (χ0n) is 41.4. The number of unbranched alkanes of at least 4 members (excludes halogenated alkanes) is 34. The van der Waals surface area contributed by atoms with Crippen LogP contribution in [0.2, 0.25) is 0 Å². The smallest absolute Gasteiger partial charge is 0.457 e. The van der Waals surface area contributed by atoms with Crippen molar-refractivity contribution in [3.05, 3.63) is 12.2 Å². The van der Waals surface area contributed by atoms with E-state index in [-0.39, 0.29) is 25.8 Å². The second-order valence-corrected chi connectivity index (χ2v) is 20.7. The zero-order chi connectivity index (χ0) is 44.8. The molecule has 0 aromatic heterocycles. The van der Waals surface area contributed by atoms with Gasteiger partial charge < -0.3 is 18.9 Å². The van der Waals surface area contributed by atoms with E-state index in [1.54, 1.807) is 0 Å². The van der Waals surface area contributed by atoms with Crippen molar-refractivity contribution in [2.45, 2.75) is 264 Å². The molecule has 0 amide bonds. The molecular formula is C52H105NO7P+. The summed E-state index contributed by atoms with van der Waals surface area (Å²) in [4.78, 5) is 22.9. The molecule has 0 aliphatic heterocycles. The zero-order valence-corrected chi connectivity index (χ0v) is 42.3. The summed E-state index contributed by atoms with van der Waals surface area (Å²) in [5.41, 5.74) is 0. The Morgan fingerprint density at radius 1 is 0.492 bits per heavy atom. The average molecular weight is 887 g/mol. The molecule has 2 atom stereocenters. The summed E-state index contributed by atoms with van der Waals surface area (Å²) in [5, 5.41) is 0. The normalized spacial score (nSPS) is 13.6. The molecule has 0 aliphatic carbocycles. The second-order valence-electron chi connectivity index (χ2n) is 19.3. The van der Waals surface area contributed by atoms with Gasteiger partial charge in [-0.25, -0.2) is 4.57 Å². The topological polar surface area (TPSA) is 91.3 Å². The van der Waals surface area contributed by atoms with Gasteiger partial charge in [0.2, 0.25) is 0 Å². The van der Waals surface area contributed by atoms with Gasteiger partial charge in [-0.1, -0.05) is 225 Å². The Kier molecular flexibility index (Phi) is 45.2. The summed E-state index contributed by atoms with van der Waals surface area (Å²) >= 11 is 0.